The molecule has 86 valence electrons. The van der Waals surface area contributed by atoms with Crippen molar-refractivity contribution in [1.29, 1.82) is 0 Å². The van der Waals surface area contributed by atoms with Crippen LogP contribution in [0.25, 0.3) is 0 Å². The van der Waals surface area contributed by atoms with E-state index in [2.05, 4.69) is 0 Å². The van der Waals surface area contributed by atoms with Gasteiger partial charge < -0.3 is 0 Å². The Hall–Kier alpha value is -0.100. The van der Waals surface area contributed by atoms with Crippen molar-refractivity contribution in [2.45, 2.75) is 39.4 Å². The number of hydrogen-bond acceptors (Lipinski definition) is 4. The lowest BCUT2D eigenvalue weighted by Crippen LogP contribution is -2.29. The van der Waals surface area contributed by atoms with E-state index < -0.39 is 23.0 Å². The van der Waals surface area contributed by atoms with E-state index in [1.165, 1.54) is 6.92 Å². The Morgan fingerprint density at radius 1 is 1.00 bits per heavy atom. The van der Waals surface area contributed by atoms with Gasteiger partial charge in [-0.2, -0.15) is 0 Å². The molecule has 0 aromatic rings. The van der Waals surface area contributed by atoms with Gasteiger partial charge in [-0.3, -0.25) is 0 Å². The van der Waals surface area contributed by atoms with Gasteiger partial charge in [-0.1, -0.05) is 20.8 Å². The first-order valence-corrected chi connectivity index (χ1v) is 8.33. The highest BCUT2D eigenvalue weighted by molar-refractivity contribution is 8.67. The van der Waals surface area contributed by atoms with Crippen LogP contribution in [-0.4, -0.2) is 27.8 Å². The topological polar surface area (TPSA) is 68.3 Å². The summed E-state index contributed by atoms with van der Waals surface area (Å²) >= 11 is 0. The van der Waals surface area contributed by atoms with Crippen LogP contribution in [0, 0.1) is 5.92 Å². The van der Waals surface area contributed by atoms with Gasteiger partial charge in [0.1, 0.15) is 0 Å². The van der Waals surface area contributed by atoms with Crippen molar-refractivity contribution in [2.24, 2.45) is 5.92 Å². The maximum Gasteiger partial charge on any atom is 0.256 e. The lowest BCUT2D eigenvalue weighted by Gasteiger charge is -2.12. The summed E-state index contributed by atoms with van der Waals surface area (Å²) in [5, 5.41) is -0.814. The number of hydrogen-bond donors (Lipinski definition) is 0. The summed E-state index contributed by atoms with van der Waals surface area (Å²) in [5.74, 6) is -0.460. The van der Waals surface area contributed by atoms with Crippen molar-refractivity contribution >= 4 is 17.7 Å². The SMILES string of the molecule is CCC(C)S(=O)(=O)S(=O)(=O)CC(C)C. The maximum atomic E-state index is 11.5. The first-order chi connectivity index (χ1) is 6.15. The van der Waals surface area contributed by atoms with Gasteiger partial charge >= 0.3 is 0 Å². The van der Waals surface area contributed by atoms with E-state index in [0.29, 0.717) is 6.42 Å². The van der Waals surface area contributed by atoms with Crippen LogP contribution in [0.4, 0.5) is 0 Å². The highest BCUT2D eigenvalue weighted by Gasteiger charge is 2.34. The van der Waals surface area contributed by atoms with Crippen molar-refractivity contribution < 1.29 is 16.8 Å². The molecular weight excluding hydrogens is 224 g/mol. The zero-order chi connectivity index (χ0) is 11.6. The Morgan fingerprint density at radius 3 is 1.71 bits per heavy atom. The van der Waals surface area contributed by atoms with Crippen LogP contribution in [-0.2, 0) is 17.7 Å². The molecular formula is C8H18O4S2. The molecule has 0 aliphatic carbocycles. The molecule has 0 saturated heterocycles. The normalized spacial score (nSPS) is 15.8. The van der Waals surface area contributed by atoms with Gasteiger partial charge in [0.2, 0.25) is 0 Å². The minimum Gasteiger partial charge on any atom is -0.213 e. The zero-order valence-electron chi connectivity index (χ0n) is 9.02. The second-order valence-corrected chi connectivity index (χ2v) is 9.99. The molecule has 0 aromatic heterocycles. The van der Waals surface area contributed by atoms with Crippen LogP contribution >= 0.6 is 0 Å². The van der Waals surface area contributed by atoms with Gasteiger partial charge in [0.05, 0.1) is 11.0 Å². The standard InChI is InChI=1S/C8H18O4S2/c1-5-8(4)14(11,12)13(9,10)6-7(2)3/h7-8H,5-6H2,1-4H3. The van der Waals surface area contributed by atoms with Gasteiger partial charge in [-0.15, -0.1) is 0 Å². The Balaban J connectivity index is 5.11. The maximum absolute atomic E-state index is 11.5. The van der Waals surface area contributed by atoms with Crippen molar-refractivity contribution in [3.05, 3.63) is 0 Å². The Morgan fingerprint density at radius 2 is 1.43 bits per heavy atom. The molecule has 0 aliphatic rings. The molecule has 0 aromatic carbocycles. The summed E-state index contributed by atoms with van der Waals surface area (Å²) < 4.78 is 46.0. The third-order valence-corrected chi connectivity index (χ3v) is 8.58. The molecule has 0 rings (SSSR count). The predicted molar refractivity (Wildman–Crippen MR) is 57.3 cm³/mol. The lowest BCUT2D eigenvalue weighted by molar-refractivity contribution is 0.567. The van der Waals surface area contributed by atoms with Crippen molar-refractivity contribution in [2.75, 3.05) is 5.75 Å². The second-order valence-electron chi connectivity index (χ2n) is 3.83. The highest BCUT2D eigenvalue weighted by Crippen LogP contribution is 2.16. The van der Waals surface area contributed by atoms with E-state index in [9.17, 15) is 16.8 Å². The van der Waals surface area contributed by atoms with Crippen LogP contribution in [0.15, 0.2) is 0 Å². The molecule has 0 saturated carbocycles. The molecule has 6 heteroatoms. The summed E-state index contributed by atoms with van der Waals surface area (Å²) in [7, 11) is -8.01. The van der Waals surface area contributed by atoms with E-state index in [-0.39, 0.29) is 11.7 Å². The van der Waals surface area contributed by atoms with Crippen LogP contribution < -0.4 is 0 Å². The molecule has 0 aliphatic heterocycles. The van der Waals surface area contributed by atoms with E-state index in [1.807, 2.05) is 0 Å². The quantitative estimate of drug-likeness (QED) is 0.679. The summed E-state index contributed by atoms with van der Waals surface area (Å²) in [6, 6.07) is 0. The van der Waals surface area contributed by atoms with Crippen molar-refractivity contribution in [3.8, 4) is 0 Å². The largest absolute Gasteiger partial charge is 0.256 e. The van der Waals surface area contributed by atoms with E-state index in [4.69, 9.17) is 0 Å². The molecule has 0 amide bonds. The summed E-state index contributed by atoms with van der Waals surface area (Å²) in [6.07, 6.45) is 0.319. The summed E-state index contributed by atoms with van der Waals surface area (Å²) in [6.45, 7) is 6.45. The Kier molecular flexibility index (Phi) is 4.58. The molecule has 4 nitrogen and oxygen atoms in total. The lowest BCUT2D eigenvalue weighted by atomic mass is 10.3. The summed E-state index contributed by atoms with van der Waals surface area (Å²) in [5.41, 5.74) is 0. The third kappa shape index (κ3) is 2.95. The van der Waals surface area contributed by atoms with Gasteiger partial charge in [0.25, 0.3) is 17.7 Å². The molecule has 1 unspecified atom stereocenters. The average molecular weight is 242 g/mol. The molecule has 1 atom stereocenters. The smallest absolute Gasteiger partial charge is 0.213 e. The monoisotopic (exact) mass is 242 g/mol. The Bertz CT molecular complexity index is 364. The van der Waals surface area contributed by atoms with Gasteiger partial charge in [0, 0.05) is 0 Å². The van der Waals surface area contributed by atoms with E-state index in [1.54, 1.807) is 20.8 Å². The first kappa shape index (κ1) is 13.9. The fraction of sp³-hybridized carbons (Fsp3) is 1.00. The van der Waals surface area contributed by atoms with Crippen LogP contribution in [0.5, 0.6) is 0 Å². The van der Waals surface area contributed by atoms with Gasteiger partial charge in [-0.05, 0) is 19.3 Å². The van der Waals surface area contributed by atoms with E-state index >= 15 is 0 Å². The third-order valence-electron chi connectivity index (χ3n) is 1.96. The highest BCUT2D eigenvalue weighted by atomic mass is 33.2. The molecule has 0 N–H and O–H groups in total. The molecule has 0 heterocycles. The predicted octanol–water partition coefficient (Wildman–Crippen LogP) is 1.19. The van der Waals surface area contributed by atoms with E-state index in [0.717, 1.165) is 0 Å². The zero-order valence-corrected chi connectivity index (χ0v) is 10.7. The van der Waals surface area contributed by atoms with Crippen molar-refractivity contribution in [3.63, 3.8) is 0 Å². The fourth-order valence-corrected chi connectivity index (χ4v) is 6.17. The second kappa shape index (κ2) is 4.61. The minimum atomic E-state index is -4.01. The van der Waals surface area contributed by atoms with Crippen molar-refractivity contribution in [1.82, 2.24) is 0 Å². The molecule has 14 heavy (non-hydrogen) atoms. The van der Waals surface area contributed by atoms with Crippen LogP contribution in [0.3, 0.4) is 0 Å². The fourth-order valence-electron chi connectivity index (χ4n) is 0.957. The Labute approximate surface area is 85.9 Å². The first-order valence-electron chi connectivity index (χ1n) is 4.61. The molecule has 0 spiro atoms. The minimum absolute atomic E-state index is 0.168. The molecule has 0 bridgehead atoms. The van der Waals surface area contributed by atoms with Crippen LogP contribution in [0.2, 0.25) is 0 Å². The van der Waals surface area contributed by atoms with Gasteiger partial charge in [-0.25, -0.2) is 16.8 Å². The summed E-state index contributed by atoms with van der Waals surface area (Å²) in [4.78, 5) is 0. The molecule has 0 fully saturated rings. The van der Waals surface area contributed by atoms with Crippen LogP contribution in [0.1, 0.15) is 34.1 Å². The molecule has 0 radical (unpaired) electrons. The van der Waals surface area contributed by atoms with Gasteiger partial charge in [0.15, 0.2) is 0 Å². The number of rotatable bonds is 5. The average Bonchev–Trinajstić information content (AvgIpc) is 2.00.